The first-order valence-electron chi connectivity index (χ1n) is 5.23. The summed E-state index contributed by atoms with van der Waals surface area (Å²) < 4.78 is 0. The van der Waals surface area contributed by atoms with E-state index in [2.05, 4.69) is 27.5 Å². The van der Waals surface area contributed by atoms with Gasteiger partial charge in [-0.05, 0) is 19.3 Å². The van der Waals surface area contributed by atoms with Gasteiger partial charge in [-0.15, -0.1) is 0 Å². The third kappa shape index (κ3) is 2.50. The number of nitrogens with one attached hydrogen (secondary N) is 2. The Hall–Kier alpha value is -1.03. The summed E-state index contributed by atoms with van der Waals surface area (Å²) in [5, 5.41) is 6.95. The van der Waals surface area contributed by atoms with Crippen molar-refractivity contribution < 1.29 is 0 Å². The van der Waals surface area contributed by atoms with Crippen LogP contribution in [0.15, 0.2) is 6.20 Å². The number of rotatable bonds is 4. The standard InChI is InChI=1S/C10H15ClN4/c1-3-12-10-13-5-7(11)9(15-10)14-8-4-6(8)2/h5-6,8H,3-4H2,1-2H3,(H2,12,13,14,15). The molecule has 1 aromatic rings. The molecule has 1 saturated carbocycles. The van der Waals surface area contributed by atoms with Crippen LogP contribution in [-0.4, -0.2) is 22.6 Å². The molecule has 2 rings (SSSR count). The van der Waals surface area contributed by atoms with Crippen LogP contribution in [-0.2, 0) is 0 Å². The molecule has 2 N–H and O–H groups in total. The van der Waals surface area contributed by atoms with E-state index in [1.807, 2.05) is 6.92 Å². The first-order chi connectivity index (χ1) is 7.20. The molecule has 0 spiro atoms. The monoisotopic (exact) mass is 226 g/mol. The van der Waals surface area contributed by atoms with Crippen LogP contribution in [0.4, 0.5) is 11.8 Å². The van der Waals surface area contributed by atoms with E-state index in [1.165, 1.54) is 6.42 Å². The summed E-state index contributed by atoms with van der Waals surface area (Å²) in [6, 6.07) is 0.520. The first kappa shape index (κ1) is 10.5. The van der Waals surface area contributed by atoms with E-state index in [0.29, 0.717) is 17.0 Å². The van der Waals surface area contributed by atoms with Crippen molar-refractivity contribution in [2.24, 2.45) is 5.92 Å². The number of hydrogen-bond acceptors (Lipinski definition) is 4. The SMILES string of the molecule is CCNc1ncc(Cl)c(NC2CC2C)n1. The average molecular weight is 227 g/mol. The predicted octanol–water partition coefficient (Wildman–Crippen LogP) is 2.38. The number of aromatic nitrogens is 2. The third-order valence-electron chi connectivity index (χ3n) is 2.51. The molecule has 5 heteroatoms. The van der Waals surface area contributed by atoms with Crippen LogP contribution in [0.2, 0.25) is 5.02 Å². The molecule has 0 bridgehead atoms. The van der Waals surface area contributed by atoms with Gasteiger partial charge in [-0.1, -0.05) is 18.5 Å². The summed E-state index contributed by atoms with van der Waals surface area (Å²) in [4.78, 5) is 8.39. The van der Waals surface area contributed by atoms with E-state index in [1.54, 1.807) is 6.20 Å². The van der Waals surface area contributed by atoms with Gasteiger partial charge in [0, 0.05) is 12.6 Å². The fraction of sp³-hybridized carbons (Fsp3) is 0.600. The molecule has 82 valence electrons. The topological polar surface area (TPSA) is 49.8 Å². The van der Waals surface area contributed by atoms with Crippen LogP contribution in [0, 0.1) is 5.92 Å². The molecular formula is C10H15ClN4. The summed E-state index contributed by atoms with van der Waals surface area (Å²) in [5.41, 5.74) is 0. The predicted molar refractivity (Wildman–Crippen MR) is 62.4 cm³/mol. The zero-order valence-electron chi connectivity index (χ0n) is 8.92. The van der Waals surface area contributed by atoms with Crippen molar-refractivity contribution in [3.8, 4) is 0 Å². The molecule has 0 aliphatic heterocycles. The van der Waals surface area contributed by atoms with Gasteiger partial charge in [0.15, 0.2) is 5.82 Å². The van der Waals surface area contributed by atoms with Crippen LogP contribution in [0.3, 0.4) is 0 Å². The smallest absolute Gasteiger partial charge is 0.224 e. The van der Waals surface area contributed by atoms with Gasteiger partial charge in [-0.3, -0.25) is 0 Å². The normalized spacial score (nSPS) is 23.7. The molecule has 1 heterocycles. The maximum absolute atomic E-state index is 6.00. The molecular weight excluding hydrogens is 212 g/mol. The van der Waals surface area contributed by atoms with E-state index in [4.69, 9.17) is 11.6 Å². The Bertz CT molecular complexity index is 355. The lowest BCUT2D eigenvalue weighted by Gasteiger charge is -2.08. The number of nitrogens with zero attached hydrogens (tertiary/aromatic N) is 2. The molecule has 1 aromatic heterocycles. The zero-order valence-corrected chi connectivity index (χ0v) is 9.67. The quantitative estimate of drug-likeness (QED) is 0.828. The lowest BCUT2D eigenvalue weighted by molar-refractivity contribution is 0.921. The highest BCUT2D eigenvalue weighted by Gasteiger charge is 2.33. The first-order valence-corrected chi connectivity index (χ1v) is 5.61. The Labute approximate surface area is 94.5 Å². The van der Waals surface area contributed by atoms with Crippen LogP contribution < -0.4 is 10.6 Å². The van der Waals surface area contributed by atoms with Gasteiger partial charge in [0.05, 0.1) is 6.20 Å². The molecule has 0 radical (unpaired) electrons. The van der Waals surface area contributed by atoms with Gasteiger partial charge in [0.25, 0.3) is 0 Å². The van der Waals surface area contributed by atoms with Crippen molar-refractivity contribution in [3.05, 3.63) is 11.2 Å². The maximum Gasteiger partial charge on any atom is 0.224 e. The second-order valence-electron chi connectivity index (χ2n) is 3.88. The van der Waals surface area contributed by atoms with Crippen molar-refractivity contribution in [1.82, 2.24) is 9.97 Å². The highest BCUT2D eigenvalue weighted by atomic mass is 35.5. The molecule has 4 nitrogen and oxygen atoms in total. The maximum atomic E-state index is 6.00. The summed E-state index contributed by atoms with van der Waals surface area (Å²) >= 11 is 6.00. The van der Waals surface area contributed by atoms with E-state index in [0.717, 1.165) is 18.3 Å². The molecule has 0 aromatic carbocycles. The van der Waals surface area contributed by atoms with Gasteiger partial charge in [0.2, 0.25) is 5.95 Å². The van der Waals surface area contributed by atoms with Crippen molar-refractivity contribution in [3.63, 3.8) is 0 Å². The van der Waals surface area contributed by atoms with E-state index in [-0.39, 0.29) is 0 Å². The summed E-state index contributed by atoms with van der Waals surface area (Å²) in [5.74, 6) is 2.08. The Balaban J connectivity index is 2.10. The summed E-state index contributed by atoms with van der Waals surface area (Å²) in [7, 11) is 0. The number of halogens is 1. The number of hydrogen-bond donors (Lipinski definition) is 2. The van der Waals surface area contributed by atoms with Gasteiger partial charge in [-0.25, -0.2) is 4.98 Å². The minimum atomic E-state index is 0.520. The number of anilines is 2. The molecule has 1 fully saturated rings. The minimum absolute atomic E-state index is 0.520. The lowest BCUT2D eigenvalue weighted by atomic mass is 10.4. The minimum Gasteiger partial charge on any atom is -0.366 e. The molecule has 2 atom stereocenters. The Morgan fingerprint density at radius 3 is 2.93 bits per heavy atom. The largest absolute Gasteiger partial charge is 0.366 e. The van der Waals surface area contributed by atoms with Crippen molar-refractivity contribution in [2.45, 2.75) is 26.3 Å². The molecule has 1 aliphatic carbocycles. The highest BCUT2D eigenvalue weighted by molar-refractivity contribution is 6.32. The molecule has 15 heavy (non-hydrogen) atoms. The van der Waals surface area contributed by atoms with Crippen LogP contribution in [0.1, 0.15) is 20.3 Å². The van der Waals surface area contributed by atoms with Crippen LogP contribution >= 0.6 is 11.6 Å². The van der Waals surface area contributed by atoms with Gasteiger partial charge in [-0.2, -0.15) is 4.98 Å². The molecule has 1 aliphatic rings. The van der Waals surface area contributed by atoms with Gasteiger partial charge < -0.3 is 10.6 Å². The Morgan fingerprint density at radius 1 is 1.60 bits per heavy atom. The lowest BCUT2D eigenvalue weighted by Crippen LogP contribution is -2.09. The van der Waals surface area contributed by atoms with E-state index in [9.17, 15) is 0 Å². The van der Waals surface area contributed by atoms with E-state index >= 15 is 0 Å². The second kappa shape index (κ2) is 4.23. The van der Waals surface area contributed by atoms with E-state index < -0.39 is 0 Å². The van der Waals surface area contributed by atoms with Gasteiger partial charge in [0.1, 0.15) is 5.02 Å². The summed E-state index contributed by atoms with van der Waals surface area (Å²) in [6.07, 6.45) is 2.82. The zero-order chi connectivity index (χ0) is 10.8. The van der Waals surface area contributed by atoms with Crippen LogP contribution in [0.5, 0.6) is 0 Å². The van der Waals surface area contributed by atoms with Gasteiger partial charge >= 0.3 is 0 Å². The molecule has 2 unspecified atom stereocenters. The van der Waals surface area contributed by atoms with Crippen LogP contribution in [0.25, 0.3) is 0 Å². The fourth-order valence-electron chi connectivity index (χ4n) is 1.41. The van der Waals surface area contributed by atoms with Crippen molar-refractivity contribution >= 4 is 23.4 Å². The fourth-order valence-corrected chi connectivity index (χ4v) is 1.56. The second-order valence-corrected chi connectivity index (χ2v) is 4.29. The average Bonchev–Trinajstić information content (AvgIpc) is 2.88. The third-order valence-corrected chi connectivity index (χ3v) is 2.79. The highest BCUT2D eigenvalue weighted by Crippen LogP contribution is 2.34. The summed E-state index contributed by atoms with van der Waals surface area (Å²) in [6.45, 7) is 5.02. The Morgan fingerprint density at radius 2 is 2.33 bits per heavy atom. The van der Waals surface area contributed by atoms with Crippen molar-refractivity contribution in [2.75, 3.05) is 17.2 Å². The van der Waals surface area contributed by atoms with Crippen molar-refractivity contribution in [1.29, 1.82) is 0 Å². The Kier molecular flexibility index (Phi) is 2.95. The molecule has 0 amide bonds. The molecule has 0 saturated heterocycles.